The minimum Gasteiger partial charge on any atom is -0.496 e. The van der Waals surface area contributed by atoms with Crippen molar-refractivity contribution in [3.8, 4) is 17.2 Å². The van der Waals surface area contributed by atoms with E-state index in [0.717, 1.165) is 5.56 Å². The molecular formula is C19H25FN2O5S. The highest BCUT2D eigenvalue weighted by molar-refractivity contribution is 7.89. The molecule has 9 heteroatoms. The number of benzene rings is 2. The van der Waals surface area contributed by atoms with Crippen molar-refractivity contribution in [1.82, 2.24) is 5.32 Å². The summed E-state index contributed by atoms with van der Waals surface area (Å²) in [4.78, 5) is 0.0389. The molecule has 0 heterocycles. The Balaban J connectivity index is 1.92. The normalized spacial score (nSPS) is 12.5. The summed E-state index contributed by atoms with van der Waals surface area (Å²) in [6.07, 6.45) is 0.524. The maximum atomic E-state index is 13.3. The van der Waals surface area contributed by atoms with Gasteiger partial charge in [0.15, 0.2) is 11.5 Å². The van der Waals surface area contributed by atoms with Gasteiger partial charge in [-0.15, -0.1) is 0 Å². The molecule has 0 spiro atoms. The van der Waals surface area contributed by atoms with Gasteiger partial charge in [-0.3, -0.25) is 0 Å². The quantitative estimate of drug-likeness (QED) is 0.580. The second kappa shape index (κ2) is 9.72. The third-order valence-corrected chi connectivity index (χ3v) is 5.00. The van der Waals surface area contributed by atoms with Crippen molar-refractivity contribution in [2.75, 3.05) is 27.4 Å². The van der Waals surface area contributed by atoms with E-state index >= 15 is 0 Å². The highest BCUT2D eigenvalue weighted by atomic mass is 32.2. The summed E-state index contributed by atoms with van der Waals surface area (Å²) in [5.41, 5.74) is 0.724. The molecule has 2 aromatic rings. The molecule has 28 heavy (non-hydrogen) atoms. The van der Waals surface area contributed by atoms with Gasteiger partial charge in [-0.1, -0.05) is 0 Å². The molecule has 0 saturated carbocycles. The van der Waals surface area contributed by atoms with Gasteiger partial charge in [0, 0.05) is 18.7 Å². The number of halogens is 1. The van der Waals surface area contributed by atoms with E-state index in [1.165, 1.54) is 44.6 Å². The van der Waals surface area contributed by atoms with Crippen LogP contribution in [0.3, 0.4) is 0 Å². The lowest BCUT2D eigenvalue weighted by atomic mass is 10.1. The van der Waals surface area contributed by atoms with Crippen molar-refractivity contribution in [2.24, 2.45) is 5.14 Å². The van der Waals surface area contributed by atoms with E-state index in [2.05, 4.69) is 5.32 Å². The molecule has 154 valence electrons. The number of nitrogens with two attached hydrogens (primary N) is 1. The molecule has 0 aliphatic carbocycles. The van der Waals surface area contributed by atoms with Crippen molar-refractivity contribution >= 4 is 10.0 Å². The number of ether oxygens (including phenoxy) is 3. The maximum absolute atomic E-state index is 13.3. The molecule has 0 radical (unpaired) electrons. The van der Waals surface area contributed by atoms with Gasteiger partial charge in [-0.05, 0) is 49.2 Å². The summed E-state index contributed by atoms with van der Waals surface area (Å²) in [5.74, 6) is 0.972. The minimum absolute atomic E-state index is 0.00244. The van der Waals surface area contributed by atoms with E-state index in [0.29, 0.717) is 36.8 Å². The number of rotatable bonds is 10. The average Bonchev–Trinajstić information content (AvgIpc) is 2.64. The fourth-order valence-corrected chi connectivity index (χ4v) is 3.29. The minimum atomic E-state index is -3.79. The highest BCUT2D eigenvalue weighted by Gasteiger charge is 2.14. The van der Waals surface area contributed by atoms with Crippen molar-refractivity contribution in [3.63, 3.8) is 0 Å². The second-order valence-corrected chi connectivity index (χ2v) is 7.78. The molecule has 0 aliphatic rings. The molecule has 2 aromatic carbocycles. The number of nitrogens with one attached hydrogen (secondary N) is 1. The van der Waals surface area contributed by atoms with Crippen LogP contribution in [0.1, 0.15) is 12.5 Å². The van der Waals surface area contributed by atoms with Crippen LogP contribution >= 0.6 is 0 Å². The summed E-state index contributed by atoms with van der Waals surface area (Å²) in [6, 6.07) is 8.59. The first kappa shape index (κ1) is 21.9. The molecule has 0 bridgehead atoms. The highest BCUT2D eigenvalue weighted by Crippen LogP contribution is 2.27. The van der Waals surface area contributed by atoms with Crippen LogP contribution in [-0.2, 0) is 16.4 Å². The molecule has 0 fully saturated rings. The van der Waals surface area contributed by atoms with Gasteiger partial charge in [0.1, 0.15) is 18.2 Å². The number of hydrogen-bond acceptors (Lipinski definition) is 6. The van der Waals surface area contributed by atoms with Crippen LogP contribution in [0.2, 0.25) is 0 Å². The van der Waals surface area contributed by atoms with Gasteiger partial charge in [0.05, 0.1) is 19.1 Å². The Morgan fingerprint density at radius 3 is 2.39 bits per heavy atom. The van der Waals surface area contributed by atoms with Crippen LogP contribution in [0.5, 0.6) is 17.2 Å². The van der Waals surface area contributed by atoms with Crippen LogP contribution in [0, 0.1) is 5.82 Å². The molecule has 0 amide bonds. The summed E-state index contributed by atoms with van der Waals surface area (Å²) in [7, 11) is -0.775. The van der Waals surface area contributed by atoms with E-state index in [-0.39, 0.29) is 10.9 Å². The van der Waals surface area contributed by atoms with E-state index < -0.39 is 15.8 Å². The molecule has 7 nitrogen and oxygen atoms in total. The molecule has 0 saturated heterocycles. The lowest BCUT2D eigenvalue weighted by molar-refractivity contribution is 0.285. The molecular weight excluding hydrogens is 387 g/mol. The first-order valence-electron chi connectivity index (χ1n) is 8.64. The predicted molar refractivity (Wildman–Crippen MR) is 104 cm³/mol. The Morgan fingerprint density at radius 1 is 1.07 bits per heavy atom. The summed E-state index contributed by atoms with van der Waals surface area (Å²) in [5, 5.41) is 8.47. The lowest BCUT2D eigenvalue weighted by Crippen LogP contribution is -2.32. The van der Waals surface area contributed by atoms with Gasteiger partial charge in [0.2, 0.25) is 10.0 Å². The Bertz CT molecular complexity index is 905. The molecule has 3 N–H and O–H groups in total. The van der Waals surface area contributed by atoms with Crippen LogP contribution in [-0.4, -0.2) is 41.8 Å². The molecule has 2 rings (SSSR count). The third kappa shape index (κ3) is 6.08. The van der Waals surface area contributed by atoms with Gasteiger partial charge in [0.25, 0.3) is 0 Å². The van der Waals surface area contributed by atoms with Crippen molar-refractivity contribution in [2.45, 2.75) is 24.3 Å². The zero-order valence-electron chi connectivity index (χ0n) is 16.1. The van der Waals surface area contributed by atoms with E-state index in [1.807, 2.05) is 6.92 Å². The summed E-state index contributed by atoms with van der Waals surface area (Å²) in [6.45, 7) is 2.75. The van der Waals surface area contributed by atoms with Crippen molar-refractivity contribution < 1.29 is 27.0 Å². The molecule has 0 aromatic heterocycles. The SMILES string of the molecule is COc1ccc(S(N)(=O)=O)cc1CC(C)NCCOc1cc(F)ccc1OC. The van der Waals surface area contributed by atoms with Crippen LogP contribution < -0.4 is 24.7 Å². The fourth-order valence-electron chi connectivity index (χ4n) is 2.72. The first-order valence-corrected chi connectivity index (χ1v) is 10.2. The van der Waals surface area contributed by atoms with Gasteiger partial charge in [-0.2, -0.15) is 0 Å². The number of sulfonamides is 1. The zero-order valence-corrected chi connectivity index (χ0v) is 16.9. The first-order chi connectivity index (χ1) is 13.2. The zero-order chi connectivity index (χ0) is 20.7. The fraction of sp³-hybridized carbons (Fsp3) is 0.368. The maximum Gasteiger partial charge on any atom is 0.238 e. The smallest absolute Gasteiger partial charge is 0.238 e. The molecule has 0 aliphatic heterocycles. The largest absolute Gasteiger partial charge is 0.496 e. The average molecular weight is 412 g/mol. The Hall–Kier alpha value is -2.36. The predicted octanol–water partition coefficient (Wildman–Crippen LogP) is 2.09. The second-order valence-electron chi connectivity index (χ2n) is 6.22. The standard InChI is InChI=1S/C19H25FN2O5S/c1-13(10-14-11-16(28(21,23)24)5-7-17(14)25-2)22-8-9-27-19-12-15(20)4-6-18(19)26-3/h4-7,11-13,22H,8-10H2,1-3H3,(H2,21,23,24). The van der Waals surface area contributed by atoms with Crippen LogP contribution in [0.15, 0.2) is 41.3 Å². The van der Waals surface area contributed by atoms with E-state index in [1.54, 1.807) is 6.07 Å². The van der Waals surface area contributed by atoms with E-state index in [4.69, 9.17) is 19.3 Å². The molecule has 1 unspecified atom stereocenters. The summed E-state index contributed by atoms with van der Waals surface area (Å²) >= 11 is 0. The van der Waals surface area contributed by atoms with Crippen molar-refractivity contribution in [1.29, 1.82) is 0 Å². The van der Waals surface area contributed by atoms with Crippen LogP contribution in [0.25, 0.3) is 0 Å². The lowest BCUT2D eigenvalue weighted by Gasteiger charge is -2.17. The number of primary sulfonamides is 1. The Labute approximate surface area is 164 Å². The third-order valence-electron chi connectivity index (χ3n) is 4.08. The van der Waals surface area contributed by atoms with Crippen molar-refractivity contribution in [3.05, 3.63) is 47.8 Å². The molecule has 1 atom stereocenters. The monoisotopic (exact) mass is 412 g/mol. The number of hydrogen-bond donors (Lipinski definition) is 2. The van der Waals surface area contributed by atoms with Gasteiger partial charge in [-0.25, -0.2) is 17.9 Å². The Kier molecular flexibility index (Phi) is 7.61. The van der Waals surface area contributed by atoms with E-state index in [9.17, 15) is 12.8 Å². The Morgan fingerprint density at radius 2 is 1.75 bits per heavy atom. The topological polar surface area (TPSA) is 99.9 Å². The van der Waals surface area contributed by atoms with Crippen LogP contribution in [0.4, 0.5) is 4.39 Å². The summed E-state index contributed by atoms with van der Waals surface area (Å²) < 4.78 is 52.5. The van der Waals surface area contributed by atoms with Gasteiger partial charge >= 0.3 is 0 Å². The number of methoxy groups -OCH3 is 2. The van der Waals surface area contributed by atoms with Gasteiger partial charge < -0.3 is 19.5 Å².